The van der Waals surface area contributed by atoms with E-state index < -0.39 is 11.3 Å². The summed E-state index contributed by atoms with van der Waals surface area (Å²) in [5.74, 6) is -0.382. The van der Waals surface area contributed by atoms with Crippen molar-refractivity contribution in [3.05, 3.63) is 28.8 Å². The van der Waals surface area contributed by atoms with Crippen LogP contribution < -0.4 is 10.1 Å². The molecule has 1 aromatic carbocycles. The van der Waals surface area contributed by atoms with Gasteiger partial charge in [0.15, 0.2) is 0 Å². The smallest absolute Gasteiger partial charge is 0.238 e. The Morgan fingerprint density at radius 3 is 2.52 bits per heavy atom. The normalized spacial score (nSPS) is 14.0. The Balaban J connectivity index is 2.94. The molecule has 0 heterocycles. The fourth-order valence-electron chi connectivity index (χ4n) is 2.06. The van der Waals surface area contributed by atoms with E-state index in [9.17, 15) is 10.1 Å². The molecule has 2 unspecified atom stereocenters. The molecule has 0 aliphatic heterocycles. The third kappa shape index (κ3) is 4.37. The van der Waals surface area contributed by atoms with Crippen LogP contribution in [0.1, 0.15) is 39.3 Å². The zero-order valence-electron chi connectivity index (χ0n) is 13.0. The predicted octanol–water partition coefficient (Wildman–Crippen LogP) is 3.71. The van der Waals surface area contributed by atoms with E-state index in [1.807, 2.05) is 33.8 Å². The Kier molecular flexibility index (Phi) is 5.62. The van der Waals surface area contributed by atoms with E-state index in [1.54, 1.807) is 19.2 Å². The molecule has 1 rings (SSSR count). The fourth-order valence-corrected chi connectivity index (χ4v) is 2.22. The van der Waals surface area contributed by atoms with E-state index in [-0.39, 0.29) is 11.9 Å². The maximum Gasteiger partial charge on any atom is 0.238 e. The highest BCUT2D eigenvalue weighted by Crippen LogP contribution is 2.30. The maximum atomic E-state index is 12.3. The lowest BCUT2D eigenvalue weighted by Gasteiger charge is -2.26. The van der Waals surface area contributed by atoms with E-state index in [0.29, 0.717) is 10.8 Å². The second-order valence-electron chi connectivity index (χ2n) is 6.04. The third-order valence-corrected chi connectivity index (χ3v) is 3.51. The third-order valence-electron chi connectivity index (χ3n) is 3.28. The van der Waals surface area contributed by atoms with Crippen LogP contribution in [0.4, 0.5) is 0 Å². The molecule has 2 atom stereocenters. The molecule has 0 spiro atoms. The first kappa shape index (κ1) is 17.3. The minimum Gasteiger partial charge on any atom is -0.496 e. The first-order valence-corrected chi connectivity index (χ1v) is 7.12. The zero-order valence-corrected chi connectivity index (χ0v) is 13.8. The van der Waals surface area contributed by atoms with Crippen molar-refractivity contribution in [2.45, 2.75) is 33.7 Å². The number of amides is 1. The van der Waals surface area contributed by atoms with Crippen LogP contribution in [0.3, 0.4) is 0 Å². The molecule has 1 amide bonds. The lowest BCUT2D eigenvalue weighted by molar-refractivity contribution is -0.126. The number of nitriles is 1. The Morgan fingerprint density at radius 1 is 1.43 bits per heavy atom. The molecule has 0 saturated carbocycles. The Morgan fingerprint density at radius 2 is 2.05 bits per heavy atom. The largest absolute Gasteiger partial charge is 0.496 e. The van der Waals surface area contributed by atoms with Gasteiger partial charge in [-0.2, -0.15) is 5.26 Å². The van der Waals surface area contributed by atoms with Crippen LogP contribution >= 0.6 is 11.6 Å². The molecule has 1 N–H and O–H groups in total. The summed E-state index contributed by atoms with van der Waals surface area (Å²) in [6.07, 6.45) is 0. The predicted molar refractivity (Wildman–Crippen MR) is 83.1 cm³/mol. The van der Waals surface area contributed by atoms with Crippen LogP contribution in [0.25, 0.3) is 0 Å². The van der Waals surface area contributed by atoms with Gasteiger partial charge in [-0.25, -0.2) is 0 Å². The summed E-state index contributed by atoms with van der Waals surface area (Å²) in [5, 5.41) is 12.6. The van der Waals surface area contributed by atoms with Crippen LogP contribution in [0, 0.1) is 22.7 Å². The SMILES string of the molecule is COc1cc(Cl)ccc1C(C)NC(=O)C(C#N)C(C)(C)C. The van der Waals surface area contributed by atoms with Crippen molar-refractivity contribution >= 4 is 17.5 Å². The number of halogens is 1. The second kappa shape index (κ2) is 6.82. The molecule has 21 heavy (non-hydrogen) atoms. The van der Waals surface area contributed by atoms with Gasteiger partial charge in [0.25, 0.3) is 0 Å². The summed E-state index contributed by atoms with van der Waals surface area (Å²) in [6, 6.07) is 7.05. The van der Waals surface area contributed by atoms with Crippen LogP contribution in [0.2, 0.25) is 5.02 Å². The van der Waals surface area contributed by atoms with Gasteiger partial charge in [0, 0.05) is 10.6 Å². The van der Waals surface area contributed by atoms with Gasteiger partial charge in [-0.3, -0.25) is 4.79 Å². The standard InChI is InChI=1S/C16H21ClN2O2/c1-10(12-7-6-11(17)8-14(12)21-5)19-15(20)13(9-18)16(2,3)4/h6-8,10,13H,1-5H3,(H,19,20). The molecule has 0 saturated heterocycles. The van der Waals surface area contributed by atoms with E-state index in [1.165, 1.54) is 0 Å². The summed E-state index contributed by atoms with van der Waals surface area (Å²) < 4.78 is 5.28. The highest BCUT2D eigenvalue weighted by atomic mass is 35.5. The van der Waals surface area contributed by atoms with Gasteiger partial charge in [0.1, 0.15) is 11.7 Å². The van der Waals surface area contributed by atoms with E-state index in [0.717, 1.165) is 5.56 Å². The van der Waals surface area contributed by atoms with Gasteiger partial charge < -0.3 is 10.1 Å². The Labute approximate surface area is 131 Å². The Hall–Kier alpha value is -1.73. The van der Waals surface area contributed by atoms with Gasteiger partial charge in [-0.05, 0) is 24.5 Å². The average molecular weight is 309 g/mol. The molecule has 114 valence electrons. The number of hydrogen-bond acceptors (Lipinski definition) is 3. The van der Waals surface area contributed by atoms with Crippen molar-refractivity contribution in [3.8, 4) is 11.8 Å². The van der Waals surface area contributed by atoms with Crippen molar-refractivity contribution in [3.63, 3.8) is 0 Å². The first-order chi connectivity index (χ1) is 9.70. The molecule has 0 radical (unpaired) electrons. The number of nitrogens with one attached hydrogen (secondary N) is 1. The van der Waals surface area contributed by atoms with Gasteiger partial charge in [-0.1, -0.05) is 38.4 Å². The summed E-state index contributed by atoms with van der Waals surface area (Å²) in [4.78, 5) is 12.3. The van der Waals surface area contributed by atoms with Crippen LogP contribution in [0.5, 0.6) is 5.75 Å². The number of carbonyl (C=O) groups excluding carboxylic acids is 1. The molecule has 0 fully saturated rings. The minimum absolute atomic E-state index is 0.275. The lowest BCUT2D eigenvalue weighted by atomic mass is 9.81. The Bertz CT molecular complexity index is 558. The van der Waals surface area contributed by atoms with E-state index in [4.69, 9.17) is 16.3 Å². The quantitative estimate of drug-likeness (QED) is 0.922. The van der Waals surface area contributed by atoms with Crippen LogP contribution in [0.15, 0.2) is 18.2 Å². The minimum atomic E-state index is -0.710. The first-order valence-electron chi connectivity index (χ1n) is 6.74. The molecule has 0 aliphatic carbocycles. The molecule has 1 aromatic rings. The van der Waals surface area contributed by atoms with Gasteiger partial charge in [-0.15, -0.1) is 0 Å². The number of nitrogens with zero attached hydrogens (tertiary/aromatic N) is 1. The average Bonchev–Trinajstić information content (AvgIpc) is 2.37. The maximum absolute atomic E-state index is 12.3. The number of rotatable bonds is 4. The zero-order chi connectivity index (χ0) is 16.2. The van der Waals surface area contributed by atoms with E-state index >= 15 is 0 Å². The monoisotopic (exact) mass is 308 g/mol. The van der Waals surface area contributed by atoms with Gasteiger partial charge >= 0.3 is 0 Å². The molecular formula is C16H21ClN2O2. The van der Waals surface area contributed by atoms with Crippen LogP contribution in [-0.2, 0) is 4.79 Å². The second-order valence-corrected chi connectivity index (χ2v) is 6.48. The lowest BCUT2D eigenvalue weighted by Crippen LogP contribution is -2.38. The fraction of sp³-hybridized carbons (Fsp3) is 0.500. The van der Waals surface area contributed by atoms with Crippen molar-refractivity contribution < 1.29 is 9.53 Å². The van der Waals surface area contributed by atoms with Crippen LogP contribution in [-0.4, -0.2) is 13.0 Å². The molecule has 5 heteroatoms. The van der Waals surface area contributed by atoms with Gasteiger partial charge in [0.05, 0.1) is 19.2 Å². The molecule has 0 aliphatic rings. The topological polar surface area (TPSA) is 62.1 Å². The number of hydrogen-bond donors (Lipinski definition) is 1. The van der Waals surface area contributed by atoms with Crippen molar-refractivity contribution in [2.75, 3.05) is 7.11 Å². The number of methoxy groups -OCH3 is 1. The summed E-state index contributed by atoms with van der Waals surface area (Å²) >= 11 is 5.93. The van der Waals surface area contributed by atoms with Crippen molar-refractivity contribution in [1.82, 2.24) is 5.32 Å². The highest BCUT2D eigenvalue weighted by Gasteiger charge is 2.32. The van der Waals surface area contributed by atoms with E-state index in [2.05, 4.69) is 11.4 Å². The molecule has 4 nitrogen and oxygen atoms in total. The summed E-state index contributed by atoms with van der Waals surface area (Å²) in [5.41, 5.74) is 0.406. The molecule has 0 bridgehead atoms. The number of ether oxygens (including phenoxy) is 1. The molecular weight excluding hydrogens is 288 g/mol. The number of carbonyl (C=O) groups is 1. The summed E-state index contributed by atoms with van der Waals surface area (Å²) in [7, 11) is 1.55. The van der Waals surface area contributed by atoms with Gasteiger partial charge in [0.2, 0.25) is 5.91 Å². The van der Waals surface area contributed by atoms with Crippen molar-refractivity contribution in [2.24, 2.45) is 11.3 Å². The molecule has 0 aromatic heterocycles. The number of benzene rings is 1. The van der Waals surface area contributed by atoms with Crippen molar-refractivity contribution in [1.29, 1.82) is 5.26 Å². The summed E-state index contributed by atoms with van der Waals surface area (Å²) in [6.45, 7) is 7.46. The highest BCUT2D eigenvalue weighted by molar-refractivity contribution is 6.30.